The maximum Gasteiger partial charge on any atom is 0.167 e. The van der Waals surface area contributed by atoms with Crippen LogP contribution in [0.2, 0.25) is 0 Å². The molecule has 0 saturated heterocycles. The van der Waals surface area contributed by atoms with Crippen molar-refractivity contribution in [3.63, 3.8) is 0 Å². The number of methoxy groups -OCH3 is 1. The first kappa shape index (κ1) is 13.4. The summed E-state index contributed by atoms with van der Waals surface area (Å²) in [4.78, 5) is 0. The van der Waals surface area contributed by atoms with Crippen molar-refractivity contribution in [3.8, 4) is 5.75 Å². The normalized spacial score (nSPS) is 11.9. The van der Waals surface area contributed by atoms with Gasteiger partial charge in [0.15, 0.2) is 11.6 Å². The monoisotopic (exact) mass is 261 g/mol. The minimum Gasteiger partial charge on any atom is -0.494 e. The second kappa shape index (κ2) is 6.20. The molecule has 1 unspecified atom stereocenters. The molecule has 19 heavy (non-hydrogen) atoms. The molecule has 2 aromatic carbocycles. The van der Waals surface area contributed by atoms with Gasteiger partial charge < -0.3 is 15.2 Å². The van der Waals surface area contributed by atoms with E-state index in [1.165, 1.54) is 13.2 Å². The fourth-order valence-corrected chi connectivity index (χ4v) is 1.78. The second-order valence-corrected chi connectivity index (χ2v) is 4.16. The van der Waals surface area contributed by atoms with Gasteiger partial charge in [-0.3, -0.25) is 0 Å². The van der Waals surface area contributed by atoms with Crippen LogP contribution in [0.5, 0.6) is 5.75 Å². The molecular formula is C15H16FNO2. The number of rotatable bonds is 5. The zero-order chi connectivity index (χ0) is 13.7. The summed E-state index contributed by atoms with van der Waals surface area (Å²) in [6.07, 6.45) is -0.633. The van der Waals surface area contributed by atoms with Crippen LogP contribution < -0.4 is 10.1 Å². The molecule has 0 aliphatic carbocycles. The van der Waals surface area contributed by atoms with Crippen molar-refractivity contribution in [2.45, 2.75) is 6.10 Å². The minimum absolute atomic E-state index is 0.203. The number of hydrogen-bond donors (Lipinski definition) is 2. The topological polar surface area (TPSA) is 41.5 Å². The molecule has 2 aromatic rings. The van der Waals surface area contributed by atoms with E-state index in [1.54, 1.807) is 12.1 Å². The van der Waals surface area contributed by atoms with Crippen molar-refractivity contribution in [2.24, 2.45) is 0 Å². The predicted octanol–water partition coefficient (Wildman–Crippen LogP) is 2.98. The lowest BCUT2D eigenvalue weighted by Crippen LogP contribution is -2.12. The zero-order valence-corrected chi connectivity index (χ0v) is 10.6. The van der Waals surface area contributed by atoms with Gasteiger partial charge in [-0.05, 0) is 17.7 Å². The fourth-order valence-electron chi connectivity index (χ4n) is 1.78. The van der Waals surface area contributed by atoms with E-state index in [9.17, 15) is 9.50 Å². The SMILES string of the molecule is COc1ccc(NCC(O)c2ccccc2)cc1F. The summed E-state index contributed by atoms with van der Waals surface area (Å²) in [5.74, 6) is -0.226. The molecule has 2 N–H and O–H groups in total. The molecule has 0 aromatic heterocycles. The first-order valence-electron chi connectivity index (χ1n) is 6.01. The molecule has 4 heteroatoms. The van der Waals surface area contributed by atoms with Crippen molar-refractivity contribution >= 4 is 5.69 Å². The van der Waals surface area contributed by atoms with Gasteiger partial charge in [0.05, 0.1) is 13.2 Å². The Labute approximate surface area is 111 Å². The average molecular weight is 261 g/mol. The van der Waals surface area contributed by atoms with E-state index in [2.05, 4.69) is 5.32 Å². The molecule has 0 spiro atoms. The lowest BCUT2D eigenvalue weighted by Gasteiger charge is -2.13. The highest BCUT2D eigenvalue weighted by atomic mass is 19.1. The van der Waals surface area contributed by atoms with E-state index in [0.717, 1.165) is 5.56 Å². The molecule has 0 radical (unpaired) electrons. The molecule has 0 amide bonds. The third kappa shape index (κ3) is 3.45. The Morgan fingerprint density at radius 1 is 1.21 bits per heavy atom. The Morgan fingerprint density at radius 3 is 2.58 bits per heavy atom. The van der Waals surface area contributed by atoms with Gasteiger partial charge in [-0.2, -0.15) is 0 Å². The molecule has 1 atom stereocenters. The summed E-state index contributed by atoms with van der Waals surface area (Å²) >= 11 is 0. The Kier molecular flexibility index (Phi) is 4.36. The summed E-state index contributed by atoms with van der Waals surface area (Å²) in [7, 11) is 1.42. The first-order valence-corrected chi connectivity index (χ1v) is 6.01. The number of anilines is 1. The van der Waals surface area contributed by atoms with E-state index in [1.807, 2.05) is 30.3 Å². The van der Waals surface area contributed by atoms with Crippen molar-refractivity contribution in [1.82, 2.24) is 0 Å². The van der Waals surface area contributed by atoms with Gasteiger partial charge in [0.1, 0.15) is 0 Å². The fraction of sp³-hybridized carbons (Fsp3) is 0.200. The third-order valence-electron chi connectivity index (χ3n) is 2.84. The molecule has 3 nitrogen and oxygen atoms in total. The van der Waals surface area contributed by atoms with Gasteiger partial charge in [0.2, 0.25) is 0 Å². The first-order chi connectivity index (χ1) is 9.20. The molecule has 100 valence electrons. The largest absolute Gasteiger partial charge is 0.494 e. The van der Waals surface area contributed by atoms with E-state index in [-0.39, 0.29) is 5.75 Å². The summed E-state index contributed by atoms with van der Waals surface area (Å²) in [5.41, 5.74) is 1.43. The highest BCUT2D eigenvalue weighted by molar-refractivity contribution is 5.47. The summed E-state index contributed by atoms with van der Waals surface area (Å²) in [5, 5.41) is 13.0. The van der Waals surface area contributed by atoms with E-state index in [0.29, 0.717) is 12.2 Å². The summed E-state index contributed by atoms with van der Waals surface area (Å²) in [6, 6.07) is 13.9. The highest BCUT2D eigenvalue weighted by Gasteiger charge is 2.08. The van der Waals surface area contributed by atoms with Crippen LogP contribution in [0.3, 0.4) is 0 Å². The highest BCUT2D eigenvalue weighted by Crippen LogP contribution is 2.21. The summed E-state index contributed by atoms with van der Waals surface area (Å²) < 4.78 is 18.3. The maximum atomic E-state index is 13.5. The van der Waals surface area contributed by atoms with E-state index < -0.39 is 11.9 Å². The molecule has 0 saturated carbocycles. The third-order valence-corrected chi connectivity index (χ3v) is 2.84. The molecule has 2 rings (SSSR count). The van der Waals surface area contributed by atoms with Crippen LogP contribution in [-0.2, 0) is 0 Å². The van der Waals surface area contributed by atoms with Crippen LogP contribution in [-0.4, -0.2) is 18.8 Å². The van der Waals surface area contributed by atoms with Crippen LogP contribution in [0.4, 0.5) is 10.1 Å². The van der Waals surface area contributed by atoms with Gasteiger partial charge in [0, 0.05) is 18.3 Å². The van der Waals surface area contributed by atoms with Crippen LogP contribution >= 0.6 is 0 Å². The van der Waals surface area contributed by atoms with Crippen LogP contribution in [0, 0.1) is 5.82 Å². The van der Waals surface area contributed by atoms with E-state index >= 15 is 0 Å². The number of aliphatic hydroxyl groups excluding tert-OH is 1. The predicted molar refractivity (Wildman–Crippen MR) is 72.8 cm³/mol. The molecule has 0 heterocycles. The number of nitrogens with one attached hydrogen (secondary N) is 1. The van der Waals surface area contributed by atoms with Crippen molar-refractivity contribution in [2.75, 3.05) is 19.0 Å². The van der Waals surface area contributed by atoms with Crippen molar-refractivity contribution in [3.05, 3.63) is 59.9 Å². The molecule has 0 bridgehead atoms. The van der Waals surface area contributed by atoms with Gasteiger partial charge in [-0.25, -0.2) is 4.39 Å². The average Bonchev–Trinajstić information content (AvgIpc) is 2.46. The number of halogens is 1. The summed E-state index contributed by atoms with van der Waals surface area (Å²) in [6.45, 7) is 0.315. The zero-order valence-electron chi connectivity index (χ0n) is 10.6. The van der Waals surface area contributed by atoms with E-state index in [4.69, 9.17) is 4.74 Å². The second-order valence-electron chi connectivity index (χ2n) is 4.16. The minimum atomic E-state index is -0.633. The van der Waals surface area contributed by atoms with Crippen LogP contribution in [0.15, 0.2) is 48.5 Å². The van der Waals surface area contributed by atoms with Gasteiger partial charge in [-0.15, -0.1) is 0 Å². The quantitative estimate of drug-likeness (QED) is 0.869. The number of aliphatic hydroxyl groups is 1. The van der Waals surface area contributed by atoms with Crippen LogP contribution in [0.1, 0.15) is 11.7 Å². The van der Waals surface area contributed by atoms with Gasteiger partial charge in [0.25, 0.3) is 0 Å². The molecule has 0 fully saturated rings. The maximum absolute atomic E-state index is 13.5. The number of hydrogen-bond acceptors (Lipinski definition) is 3. The molecular weight excluding hydrogens is 245 g/mol. The Morgan fingerprint density at radius 2 is 1.95 bits per heavy atom. The van der Waals surface area contributed by atoms with Crippen molar-refractivity contribution < 1.29 is 14.2 Å². The Hall–Kier alpha value is -2.07. The lowest BCUT2D eigenvalue weighted by atomic mass is 10.1. The Balaban J connectivity index is 1.97. The molecule has 0 aliphatic rings. The number of benzene rings is 2. The number of ether oxygens (including phenoxy) is 1. The Bertz CT molecular complexity index is 531. The smallest absolute Gasteiger partial charge is 0.167 e. The van der Waals surface area contributed by atoms with Crippen LogP contribution in [0.25, 0.3) is 0 Å². The standard InChI is InChI=1S/C15H16FNO2/c1-19-15-8-7-12(9-13(15)16)17-10-14(18)11-5-3-2-4-6-11/h2-9,14,17-18H,10H2,1H3. The lowest BCUT2D eigenvalue weighted by molar-refractivity contribution is 0.191. The molecule has 0 aliphatic heterocycles. The van der Waals surface area contributed by atoms with Crippen molar-refractivity contribution in [1.29, 1.82) is 0 Å². The van der Waals surface area contributed by atoms with Gasteiger partial charge >= 0.3 is 0 Å². The van der Waals surface area contributed by atoms with Gasteiger partial charge in [-0.1, -0.05) is 30.3 Å².